The SMILES string of the molecule is O=C(CCN1CCCS1(=O)=O)Nc1ccc2oc(C(=O)O)cc2c1. The number of anilines is 1. The topological polar surface area (TPSA) is 117 Å². The minimum Gasteiger partial charge on any atom is -0.475 e. The van der Waals surface area contributed by atoms with Crippen molar-refractivity contribution in [3.63, 3.8) is 0 Å². The molecule has 1 amide bonds. The van der Waals surface area contributed by atoms with Gasteiger partial charge in [-0.1, -0.05) is 0 Å². The first kappa shape index (κ1) is 16.5. The van der Waals surface area contributed by atoms with E-state index < -0.39 is 16.0 Å². The Labute approximate surface area is 138 Å². The number of fused-ring (bicyclic) bond motifs is 1. The van der Waals surface area contributed by atoms with Gasteiger partial charge in [0.25, 0.3) is 0 Å². The number of carboxylic acids is 1. The van der Waals surface area contributed by atoms with Gasteiger partial charge in [-0.25, -0.2) is 17.5 Å². The Morgan fingerprint density at radius 2 is 2.08 bits per heavy atom. The number of amides is 1. The van der Waals surface area contributed by atoms with Gasteiger partial charge in [0.1, 0.15) is 5.58 Å². The highest BCUT2D eigenvalue weighted by Crippen LogP contribution is 2.23. The lowest BCUT2D eigenvalue weighted by Gasteiger charge is -2.13. The second kappa shape index (κ2) is 6.25. The molecular formula is C15H16N2O6S. The van der Waals surface area contributed by atoms with Crippen LogP contribution in [0.15, 0.2) is 28.7 Å². The molecule has 1 aliphatic rings. The molecule has 128 valence electrons. The smallest absolute Gasteiger partial charge is 0.371 e. The first-order valence-corrected chi connectivity index (χ1v) is 9.01. The van der Waals surface area contributed by atoms with Gasteiger partial charge < -0.3 is 14.8 Å². The van der Waals surface area contributed by atoms with Gasteiger partial charge in [0, 0.05) is 30.6 Å². The standard InChI is InChI=1S/C15H16N2O6S/c18-14(4-6-17-5-1-7-24(17,21)22)16-11-2-3-12-10(8-11)9-13(23-12)15(19)20/h2-3,8-9H,1,4-7H2,(H,16,18)(H,19,20). The summed E-state index contributed by atoms with van der Waals surface area (Å²) >= 11 is 0. The zero-order valence-electron chi connectivity index (χ0n) is 12.7. The third kappa shape index (κ3) is 3.41. The number of nitrogens with zero attached hydrogens (tertiary/aromatic N) is 1. The molecular weight excluding hydrogens is 336 g/mol. The molecule has 1 saturated heterocycles. The van der Waals surface area contributed by atoms with E-state index in [9.17, 15) is 18.0 Å². The third-order valence-electron chi connectivity index (χ3n) is 3.80. The van der Waals surface area contributed by atoms with E-state index in [1.807, 2.05) is 0 Å². The molecule has 2 aromatic rings. The average molecular weight is 352 g/mol. The molecule has 24 heavy (non-hydrogen) atoms. The summed E-state index contributed by atoms with van der Waals surface area (Å²) in [6.45, 7) is 0.611. The summed E-state index contributed by atoms with van der Waals surface area (Å²) in [4.78, 5) is 22.9. The monoisotopic (exact) mass is 352 g/mol. The highest BCUT2D eigenvalue weighted by atomic mass is 32.2. The number of carbonyl (C=O) groups excluding carboxylic acids is 1. The number of benzene rings is 1. The van der Waals surface area contributed by atoms with Crippen LogP contribution in [0.5, 0.6) is 0 Å². The third-order valence-corrected chi connectivity index (χ3v) is 5.76. The first-order valence-electron chi connectivity index (χ1n) is 7.40. The number of aromatic carboxylic acids is 1. The molecule has 0 unspecified atom stereocenters. The van der Waals surface area contributed by atoms with E-state index in [0.717, 1.165) is 0 Å². The van der Waals surface area contributed by atoms with Gasteiger partial charge in [-0.15, -0.1) is 0 Å². The zero-order valence-corrected chi connectivity index (χ0v) is 13.5. The van der Waals surface area contributed by atoms with Gasteiger partial charge in [-0.3, -0.25) is 4.79 Å². The lowest BCUT2D eigenvalue weighted by Crippen LogP contribution is -2.29. The Bertz CT molecular complexity index is 902. The summed E-state index contributed by atoms with van der Waals surface area (Å²) in [7, 11) is -3.20. The molecule has 0 spiro atoms. The highest BCUT2D eigenvalue weighted by Gasteiger charge is 2.28. The number of nitrogens with one attached hydrogen (secondary N) is 1. The Kier molecular flexibility index (Phi) is 4.29. The molecule has 0 bridgehead atoms. The van der Waals surface area contributed by atoms with E-state index >= 15 is 0 Å². The average Bonchev–Trinajstić information content (AvgIpc) is 3.07. The predicted octanol–water partition coefficient (Wildman–Crippen LogP) is 1.50. The Hall–Kier alpha value is -2.39. The largest absolute Gasteiger partial charge is 0.475 e. The Morgan fingerprint density at radius 1 is 1.29 bits per heavy atom. The van der Waals surface area contributed by atoms with Crippen molar-refractivity contribution in [3.8, 4) is 0 Å². The van der Waals surface area contributed by atoms with Gasteiger partial charge >= 0.3 is 5.97 Å². The second-order valence-electron chi connectivity index (χ2n) is 5.54. The van der Waals surface area contributed by atoms with Crippen molar-refractivity contribution in [2.45, 2.75) is 12.8 Å². The lowest BCUT2D eigenvalue weighted by atomic mass is 10.2. The number of carbonyl (C=O) groups is 2. The molecule has 0 aliphatic carbocycles. The number of hydrogen-bond acceptors (Lipinski definition) is 5. The summed E-state index contributed by atoms with van der Waals surface area (Å²) in [6, 6.07) is 6.16. The van der Waals surface area contributed by atoms with E-state index in [-0.39, 0.29) is 30.4 Å². The van der Waals surface area contributed by atoms with Crippen LogP contribution in [0.2, 0.25) is 0 Å². The van der Waals surface area contributed by atoms with Crippen molar-refractivity contribution in [3.05, 3.63) is 30.0 Å². The van der Waals surface area contributed by atoms with Crippen molar-refractivity contribution < 1.29 is 27.5 Å². The van der Waals surface area contributed by atoms with Crippen LogP contribution in [0, 0.1) is 0 Å². The maximum atomic E-state index is 12.0. The highest BCUT2D eigenvalue weighted by molar-refractivity contribution is 7.89. The Balaban J connectivity index is 1.63. The number of carboxylic acid groups (broad SMARTS) is 1. The molecule has 3 rings (SSSR count). The summed E-state index contributed by atoms with van der Waals surface area (Å²) in [5, 5.41) is 12.1. The molecule has 9 heteroatoms. The molecule has 0 atom stereocenters. The van der Waals surface area contributed by atoms with Crippen LogP contribution in [-0.4, -0.2) is 48.5 Å². The van der Waals surface area contributed by atoms with Crippen LogP contribution >= 0.6 is 0 Å². The van der Waals surface area contributed by atoms with Crippen LogP contribution in [0.1, 0.15) is 23.4 Å². The number of rotatable bonds is 5. The van der Waals surface area contributed by atoms with Gasteiger partial charge in [-0.05, 0) is 30.7 Å². The number of sulfonamides is 1. The zero-order chi connectivity index (χ0) is 17.3. The van der Waals surface area contributed by atoms with Crippen LogP contribution in [0.25, 0.3) is 11.0 Å². The quantitative estimate of drug-likeness (QED) is 0.842. The maximum Gasteiger partial charge on any atom is 0.371 e. The molecule has 0 radical (unpaired) electrons. The number of furan rings is 1. The minimum atomic E-state index is -3.20. The van der Waals surface area contributed by atoms with E-state index in [1.54, 1.807) is 18.2 Å². The molecule has 2 N–H and O–H groups in total. The van der Waals surface area contributed by atoms with E-state index in [0.29, 0.717) is 29.6 Å². The summed E-state index contributed by atoms with van der Waals surface area (Å²) in [6.07, 6.45) is 0.649. The summed E-state index contributed by atoms with van der Waals surface area (Å²) in [5.74, 6) is -1.51. The van der Waals surface area contributed by atoms with E-state index in [4.69, 9.17) is 9.52 Å². The maximum absolute atomic E-state index is 12.0. The van der Waals surface area contributed by atoms with Gasteiger partial charge in [0.2, 0.25) is 21.7 Å². The molecule has 1 fully saturated rings. The fourth-order valence-electron chi connectivity index (χ4n) is 2.62. The van der Waals surface area contributed by atoms with Crippen molar-refractivity contribution in [1.82, 2.24) is 4.31 Å². The van der Waals surface area contributed by atoms with Gasteiger partial charge in [-0.2, -0.15) is 0 Å². The number of hydrogen-bond donors (Lipinski definition) is 2. The summed E-state index contributed by atoms with van der Waals surface area (Å²) in [5.41, 5.74) is 0.906. The normalized spacial score (nSPS) is 17.2. The second-order valence-corrected chi connectivity index (χ2v) is 7.62. The molecule has 2 heterocycles. The molecule has 1 aliphatic heterocycles. The summed E-state index contributed by atoms with van der Waals surface area (Å²) < 4.78 is 29.8. The van der Waals surface area contributed by atoms with Crippen molar-refractivity contribution >= 4 is 38.6 Å². The molecule has 8 nitrogen and oxygen atoms in total. The molecule has 1 aromatic carbocycles. The van der Waals surface area contributed by atoms with E-state index in [2.05, 4.69) is 5.32 Å². The van der Waals surface area contributed by atoms with Gasteiger partial charge in [0.05, 0.1) is 5.75 Å². The van der Waals surface area contributed by atoms with Crippen LogP contribution in [0.4, 0.5) is 5.69 Å². The molecule has 0 saturated carbocycles. The Morgan fingerprint density at radius 3 is 2.75 bits per heavy atom. The van der Waals surface area contributed by atoms with Crippen LogP contribution in [-0.2, 0) is 14.8 Å². The van der Waals surface area contributed by atoms with Gasteiger partial charge in [0.15, 0.2) is 0 Å². The minimum absolute atomic E-state index is 0.0586. The van der Waals surface area contributed by atoms with Crippen LogP contribution in [0.3, 0.4) is 0 Å². The fourth-order valence-corrected chi connectivity index (χ4v) is 4.15. The predicted molar refractivity (Wildman–Crippen MR) is 86.4 cm³/mol. The first-order chi connectivity index (χ1) is 11.3. The molecule has 1 aromatic heterocycles. The lowest BCUT2D eigenvalue weighted by molar-refractivity contribution is -0.116. The fraction of sp³-hybridized carbons (Fsp3) is 0.333. The van der Waals surface area contributed by atoms with E-state index in [1.165, 1.54) is 10.4 Å². The van der Waals surface area contributed by atoms with Crippen molar-refractivity contribution in [1.29, 1.82) is 0 Å². The van der Waals surface area contributed by atoms with Crippen LogP contribution < -0.4 is 5.32 Å². The van der Waals surface area contributed by atoms with Crippen molar-refractivity contribution in [2.24, 2.45) is 0 Å². The van der Waals surface area contributed by atoms with Crippen molar-refractivity contribution in [2.75, 3.05) is 24.2 Å².